The first-order valence-electron chi connectivity index (χ1n) is 8.12. The number of benzene rings is 1. The van der Waals surface area contributed by atoms with Crippen molar-refractivity contribution in [2.24, 2.45) is 5.73 Å². The fourth-order valence-electron chi connectivity index (χ4n) is 3.16. The highest BCUT2D eigenvalue weighted by atomic mass is 16.6. The van der Waals surface area contributed by atoms with Gasteiger partial charge in [0.15, 0.2) is 5.75 Å². The highest BCUT2D eigenvalue weighted by Gasteiger charge is 2.36. The standard InChI is InChI=1S/C17H17N5O5/c1-3-4-10-14-13(9(7-18)16(19)27-17(14)21-20-10)8-5-11(22(24)25)15(23)12(6-8)26-2/h5-6,13,23H,3-4,19H2,1-2H3,(H,20,21). The third-order valence-electron chi connectivity index (χ3n) is 4.34. The Balaban J connectivity index is 2.29. The predicted octanol–water partition coefficient (Wildman–Crippen LogP) is 2.20. The van der Waals surface area contributed by atoms with Gasteiger partial charge in [0.1, 0.15) is 11.6 Å². The zero-order chi connectivity index (χ0) is 19.7. The lowest BCUT2D eigenvalue weighted by molar-refractivity contribution is -0.386. The zero-order valence-electron chi connectivity index (χ0n) is 14.6. The Morgan fingerprint density at radius 1 is 1.56 bits per heavy atom. The summed E-state index contributed by atoms with van der Waals surface area (Å²) >= 11 is 0. The number of nitrogens with two attached hydrogens (primary N) is 1. The number of aromatic amines is 1. The second-order valence-corrected chi connectivity index (χ2v) is 5.94. The Kier molecular flexibility index (Phi) is 4.60. The van der Waals surface area contributed by atoms with E-state index in [1.807, 2.05) is 13.0 Å². The Bertz CT molecular complexity index is 988. The van der Waals surface area contributed by atoms with E-state index >= 15 is 0 Å². The molecule has 0 aliphatic carbocycles. The average Bonchev–Trinajstić information content (AvgIpc) is 3.03. The number of nitriles is 1. The minimum atomic E-state index is -0.743. The Morgan fingerprint density at radius 2 is 2.30 bits per heavy atom. The van der Waals surface area contributed by atoms with Crippen molar-refractivity contribution >= 4 is 5.69 Å². The van der Waals surface area contributed by atoms with Crippen LogP contribution in [0.1, 0.15) is 36.1 Å². The number of nitrogens with zero attached hydrogens (tertiary/aromatic N) is 3. The Hall–Kier alpha value is -3.74. The Morgan fingerprint density at radius 3 is 2.89 bits per heavy atom. The number of hydrogen-bond donors (Lipinski definition) is 3. The third-order valence-corrected chi connectivity index (χ3v) is 4.34. The minimum absolute atomic E-state index is 0.0800. The van der Waals surface area contributed by atoms with E-state index in [4.69, 9.17) is 15.2 Å². The molecule has 2 heterocycles. The summed E-state index contributed by atoms with van der Waals surface area (Å²) < 4.78 is 10.5. The van der Waals surface area contributed by atoms with Gasteiger partial charge in [0, 0.05) is 17.3 Å². The number of aromatic hydroxyl groups is 1. The fraction of sp³-hybridized carbons (Fsp3) is 0.294. The number of hydrogen-bond acceptors (Lipinski definition) is 8. The number of phenolic OH excluding ortho intramolecular Hbond substituents is 1. The summed E-state index contributed by atoms with van der Waals surface area (Å²) in [5, 5.41) is 38.0. The van der Waals surface area contributed by atoms with Crippen LogP contribution in [0.4, 0.5) is 5.69 Å². The summed E-state index contributed by atoms with van der Waals surface area (Å²) in [5.41, 5.74) is 7.14. The first kappa shape index (κ1) is 18.1. The topological polar surface area (TPSA) is 160 Å². The molecule has 0 bridgehead atoms. The molecule has 0 fully saturated rings. The summed E-state index contributed by atoms with van der Waals surface area (Å²) in [5.74, 6) is -1.32. The van der Waals surface area contributed by atoms with Crippen LogP contribution in [-0.4, -0.2) is 27.3 Å². The van der Waals surface area contributed by atoms with E-state index in [1.165, 1.54) is 19.2 Å². The van der Waals surface area contributed by atoms with Crippen LogP contribution in [0.25, 0.3) is 0 Å². The van der Waals surface area contributed by atoms with Crippen LogP contribution in [0.2, 0.25) is 0 Å². The average molecular weight is 371 g/mol. The molecule has 0 saturated heterocycles. The summed E-state index contributed by atoms with van der Waals surface area (Å²) in [6.45, 7) is 1.98. The molecule has 3 rings (SSSR count). The van der Waals surface area contributed by atoms with Gasteiger partial charge in [-0.3, -0.25) is 15.2 Å². The molecule has 10 heteroatoms. The van der Waals surface area contributed by atoms with Gasteiger partial charge in [0.2, 0.25) is 17.5 Å². The largest absolute Gasteiger partial charge is 0.500 e. The molecular weight excluding hydrogens is 354 g/mol. The molecule has 0 amide bonds. The van der Waals surface area contributed by atoms with Crippen LogP contribution < -0.4 is 15.2 Å². The number of H-pyrrole nitrogens is 1. The van der Waals surface area contributed by atoms with Crippen molar-refractivity contribution < 1.29 is 19.5 Å². The summed E-state index contributed by atoms with van der Waals surface area (Å²) in [4.78, 5) is 10.6. The quantitative estimate of drug-likeness (QED) is 0.532. The van der Waals surface area contributed by atoms with Crippen molar-refractivity contribution in [2.75, 3.05) is 7.11 Å². The normalized spacial score (nSPS) is 15.7. The molecule has 10 nitrogen and oxygen atoms in total. The van der Waals surface area contributed by atoms with Crippen LogP contribution in [0.15, 0.2) is 23.6 Å². The number of aromatic nitrogens is 2. The fourth-order valence-corrected chi connectivity index (χ4v) is 3.16. The molecule has 1 aliphatic rings. The molecule has 1 aromatic heterocycles. The van der Waals surface area contributed by atoms with E-state index in [1.54, 1.807) is 0 Å². The van der Waals surface area contributed by atoms with Gasteiger partial charge in [-0.05, 0) is 18.1 Å². The monoisotopic (exact) mass is 371 g/mol. The Labute approximate surface area is 154 Å². The lowest BCUT2D eigenvalue weighted by Crippen LogP contribution is -2.21. The zero-order valence-corrected chi connectivity index (χ0v) is 14.6. The number of nitro benzene ring substituents is 1. The molecule has 1 aromatic carbocycles. The summed E-state index contributed by atoms with van der Waals surface area (Å²) in [6, 6.07) is 4.66. The third kappa shape index (κ3) is 2.89. The van der Waals surface area contributed by atoms with Gasteiger partial charge in [-0.15, -0.1) is 5.10 Å². The van der Waals surface area contributed by atoms with E-state index in [0.717, 1.165) is 12.1 Å². The molecule has 0 spiro atoms. The van der Waals surface area contributed by atoms with Crippen molar-refractivity contribution in [1.29, 1.82) is 5.26 Å². The van der Waals surface area contributed by atoms with Gasteiger partial charge in [-0.2, -0.15) is 5.26 Å². The second kappa shape index (κ2) is 6.87. The van der Waals surface area contributed by atoms with E-state index < -0.39 is 22.3 Å². The molecule has 1 aliphatic heterocycles. The number of nitrogens with one attached hydrogen (secondary N) is 1. The molecule has 2 aromatic rings. The molecule has 1 unspecified atom stereocenters. The SMILES string of the molecule is CCCc1[nH]nc2c1C(c1cc(OC)c(O)c([N+](=O)[O-])c1)C(C#N)=C(N)O2. The van der Waals surface area contributed by atoms with Crippen molar-refractivity contribution in [3.8, 4) is 23.4 Å². The second-order valence-electron chi connectivity index (χ2n) is 5.94. The van der Waals surface area contributed by atoms with Crippen molar-refractivity contribution in [1.82, 2.24) is 10.2 Å². The molecule has 0 saturated carbocycles. The number of fused-ring (bicyclic) bond motifs is 1. The number of rotatable bonds is 5. The van der Waals surface area contributed by atoms with E-state index in [-0.39, 0.29) is 23.1 Å². The van der Waals surface area contributed by atoms with E-state index in [0.29, 0.717) is 17.5 Å². The molecule has 1 atom stereocenters. The predicted molar refractivity (Wildman–Crippen MR) is 93.2 cm³/mol. The van der Waals surface area contributed by atoms with Crippen molar-refractivity contribution in [3.63, 3.8) is 0 Å². The van der Waals surface area contributed by atoms with Gasteiger partial charge in [-0.25, -0.2) is 0 Å². The number of aryl methyl sites for hydroxylation is 1. The van der Waals surface area contributed by atoms with E-state index in [9.17, 15) is 20.5 Å². The van der Waals surface area contributed by atoms with Crippen molar-refractivity contribution in [3.05, 3.63) is 50.5 Å². The van der Waals surface area contributed by atoms with E-state index in [2.05, 4.69) is 10.2 Å². The van der Waals surface area contributed by atoms with Gasteiger partial charge in [0.25, 0.3) is 0 Å². The maximum Gasteiger partial charge on any atom is 0.314 e. The number of nitro groups is 1. The lowest BCUT2D eigenvalue weighted by Gasteiger charge is -2.24. The smallest absolute Gasteiger partial charge is 0.314 e. The maximum atomic E-state index is 11.4. The molecule has 27 heavy (non-hydrogen) atoms. The molecule has 0 radical (unpaired) electrons. The van der Waals surface area contributed by atoms with Crippen LogP contribution in [0.3, 0.4) is 0 Å². The van der Waals surface area contributed by atoms with Crippen LogP contribution in [-0.2, 0) is 6.42 Å². The summed E-state index contributed by atoms with van der Waals surface area (Å²) in [7, 11) is 1.29. The van der Waals surface area contributed by atoms with Crippen LogP contribution in [0, 0.1) is 21.4 Å². The molecule has 140 valence electrons. The van der Waals surface area contributed by atoms with Crippen LogP contribution in [0.5, 0.6) is 17.4 Å². The lowest BCUT2D eigenvalue weighted by atomic mass is 9.83. The summed E-state index contributed by atoms with van der Waals surface area (Å²) in [6.07, 6.45) is 1.44. The molecular formula is C17H17N5O5. The highest BCUT2D eigenvalue weighted by molar-refractivity contribution is 5.63. The van der Waals surface area contributed by atoms with Gasteiger partial charge < -0.3 is 20.3 Å². The number of phenols is 1. The van der Waals surface area contributed by atoms with Crippen molar-refractivity contribution in [2.45, 2.75) is 25.7 Å². The van der Waals surface area contributed by atoms with Crippen LogP contribution >= 0.6 is 0 Å². The number of ether oxygens (including phenoxy) is 2. The van der Waals surface area contributed by atoms with Gasteiger partial charge >= 0.3 is 5.69 Å². The first-order chi connectivity index (χ1) is 12.9. The molecule has 4 N–H and O–H groups in total. The number of methoxy groups -OCH3 is 1. The first-order valence-corrected chi connectivity index (χ1v) is 8.12. The van der Waals surface area contributed by atoms with Gasteiger partial charge in [-0.1, -0.05) is 13.3 Å². The minimum Gasteiger partial charge on any atom is -0.500 e. The maximum absolute atomic E-state index is 11.4. The highest BCUT2D eigenvalue weighted by Crippen LogP contribution is 2.47. The number of allylic oxidation sites excluding steroid dienone is 1. The van der Waals surface area contributed by atoms with Gasteiger partial charge in [0.05, 0.1) is 18.0 Å².